The number of aromatic amines is 1. The van der Waals surface area contributed by atoms with Gasteiger partial charge in [0.05, 0.1) is 0 Å². The Morgan fingerprint density at radius 2 is 2.05 bits per heavy atom. The van der Waals surface area contributed by atoms with Gasteiger partial charge in [0.1, 0.15) is 17.0 Å². The highest BCUT2D eigenvalue weighted by Gasteiger charge is 2.25. The molecular weight excluding hydrogens is 299 g/mol. The standard InChI is InChI=1S/C12H11FN4OS2/c13-7-3-1-6(2-4-7)5-20-12-14-8-9(16-12)15-11(19)17-10(8)18/h1-4,11,15,19H,5H2,(H,14,16)(H,17,18). The first-order valence-corrected chi connectivity index (χ1v) is 7.35. The van der Waals surface area contributed by atoms with Crippen molar-refractivity contribution in [3.63, 3.8) is 0 Å². The Kier molecular flexibility index (Phi) is 3.58. The molecule has 104 valence electrons. The van der Waals surface area contributed by atoms with Gasteiger partial charge >= 0.3 is 0 Å². The van der Waals surface area contributed by atoms with Crippen molar-refractivity contribution in [2.45, 2.75) is 16.4 Å². The first-order chi connectivity index (χ1) is 9.61. The lowest BCUT2D eigenvalue weighted by atomic mass is 10.2. The highest BCUT2D eigenvalue weighted by Crippen LogP contribution is 2.26. The van der Waals surface area contributed by atoms with Crippen LogP contribution in [0.2, 0.25) is 0 Å². The molecule has 3 N–H and O–H groups in total. The molecule has 0 saturated carbocycles. The van der Waals surface area contributed by atoms with Gasteiger partial charge in [0.15, 0.2) is 11.0 Å². The van der Waals surface area contributed by atoms with Crippen molar-refractivity contribution in [3.8, 4) is 0 Å². The number of amides is 1. The molecule has 1 unspecified atom stereocenters. The number of thiol groups is 1. The largest absolute Gasteiger partial charge is 0.340 e. The molecule has 2 heterocycles. The number of benzene rings is 1. The quantitative estimate of drug-likeness (QED) is 0.518. The molecule has 2 aromatic rings. The molecule has 0 bridgehead atoms. The lowest BCUT2D eigenvalue weighted by Gasteiger charge is -2.19. The highest BCUT2D eigenvalue weighted by atomic mass is 32.2. The maximum absolute atomic E-state index is 12.8. The minimum Gasteiger partial charge on any atom is -0.340 e. The number of nitrogens with one attached hydrogen (secondary N) is 3. The number of H-pyrrole nitrogens is 1. The lowest BCUT2D eigenvalue weighted by Crippen LogP contribution is -2.41. The monoisotopic (exact) mass is 310 g/mol. The van der Waals surface area contributed by atoms with Crippen molar-refractivity contribution in [1.82, 2.24) is 15.3 Å². The Morgan fingerprint density at radius 3 is 2.80 bits per heavy atom. The fraction of sp³-hybridized carbons (Fsp3) is 0.167. The maximum Gasteiger partial charge on any atom is 0.273 e. The molecule has 1 aromatic heterocycles. The van der Waals surface area contributed by atoms with Gasteiger partial charge in [-0.05, 0) is 17.7 Å². The fourth-order valence-corrected chi connectivity index (χ4v) is 2.85. The zero-order chi connectivity index (χ0) is 14.1. The molecule has 20 heavy (non-hydrogen) atoms. The van der Waals surface area contributed by atoms with Crippen LogP contribution in [0, 0.1) is 5.82 Å². The molecular formula is C12H11FN4OS2. The van der Waals surface area contributed by atoms with E-state index in [9.17, 15) is 9.18 Å². The number of thioether (sulfide) groups is 1. The van der Waals surface area contributed by atoms with Crippen molar-refractivity contribution < 1.29 is 9.18 Å². The highest BCUT2D eigenvalue weighted by molar-refractivity contribution is 7.98. The Morgan fingerprint density at radius 1 is 1.30 bits per heavy atom. The van der Waals surface area contributed by atoms with Gasteiger partial charge in [0, 0.05) is 5.75 Å². The Labute approximate surface area is 124 Å². The zero-order valence-electron chi connectivity index (χ0n) is 10.2. The Hall–Kier alpha value is -1.67. The topological polar surface area (TPSA) is 69.8 Å². The van der Waals surface area contributed by atoms with E-state index < -0.39 is 5.50 Å². The minimum atomic E-state index is -0.437. The molecule has 0 fully saturated rings. The van der Waals surface area contributed by atoms with Gasteiger partial charge in [-0.25, -0.2) is 9.37 Å². The van der Waals surface area contributed by atoms with Crippen molar-refractivity contribution in [3.05, 3.63) is 41.3 Å². The van der Waals surface area contributed by atoms with E-state index in [1.165, 1.54) is 23.9 Å². The number of anilines is 1. The third-order valence-corrected chi connectivity index (χ3v) is 3.94. The normalized spacial score (nSPS) is 17.3. The van der Waals surface area contributed by atoms with Crippen LogP contribution in [0.25, 0.3) is 0 Å². The van der Waals surface area contributed by atoms with Gasteiger partial charge in [-0.2, -0.15) is 0 Å². The van der Waals surface area contributed by atoms with E-state index in [0.717, 1.165) is 5.56 Å². The van der Waals surface area contributed by atoms with E-state index in [1.54, 1.807) is 12.1 Å². The van der Waals surface area contributed by atoms with Crippen LogP contribution in [0.3, 0.4) is 0 Å². The van der Waals surface area contributed by atoms with Crippen molar-refractivity contribution in [2.75, 3.05) is 5.32 Å². The molecule has 1 amide bonds. The molecule has 5 nitrogen and oxygen atoms in total. The molecule has 1 aliphatic heterocycles. The summed E-state index contributed by atoms with van der Waals surface area (Å²) in [7, 11) is 0. The predicted molar refractivity (Wildman–Crippen MR) is 78.4 cm³/mol. The van der Waals surface area contributed by atoms with Crippen LogP contribution in [-0.4, -0.2) is 21.4 Å². The summed E-state index contributed by atoms with van der Waals surface area (Å²) in [6, 6.07) is 6.28. The first-order valence-electron chi connectivity index (χ1n) is 5.84. The number of hydrogen-bond acceptors (Lipinski definition) is 5. The minimum absolute atomic E-state index is 0.236. The zero-order valence-corrected chi connectivity index (χ0v) is 11.9. The molecule has 3 rings (SSSR count). The van der Waals surface area contributed by atoms with Crippen LogP contribution < -0.4 is 10.6 Å². The van der Waals surface area contributed by atoms with Crippen molar-refractivity contribution in [2.24, 2.45) is 0 Å². The number of imidazole rings is 1. The molecule has 1 atom stereocenters. The number of halogens is 1. The Balaban J connectivity index is 1.71. The molecule has 0 spiro atoms. The van der Waals surface area contributed by atoms with Crippen LogP contribution in [0.5, 0.6) is 0 Å². The second-order valence-electron chi connectivity index (χ2n) is 4.20. The Bertz CT molecular complexity index is 643. The number of rotatable bonds is 3. The first kappa shape index (κ1) is 13.3. The van der Waals surface area contributed by atoms with Gasteiger partial charge < -0.3 is 15.6 Å². The predicted octanol–water partition coefficient (Wildman–Crippen LogP) is 2.21. The summed E-state index contributed by atoms with van der Waals surface area (Å²) in [5, 5.41) is 6.19. The third kappa shape index (κ3) is 2.75. The molecule has 1 aromatic carbocycles. The van der Waals surface area contributed by atoms with Crippen LogP contribution >= 0.6 is 24.4 Å². The lowest BCUT2D eigenvalue weighted by molar-refractivity contribution is 0.0944. The van der Waals surface area contributed by atoms with Crippen molar-refractivity contribution in [1.29, 1.82) is 0 Å². The van der Waals surface area contributed by atoms with Gasteiger partial charge in [0.25, 0.3) is 5.91 Å². The summed E-state index contributed by atoms with van der Waals surface area (Å²) in [5.74, 6) is 0.640. The number of nitrogens with zero attached hydrogens (tertiary/aromatic N) is 1. The SMILES string of the molecule is O=C1NC(S)Nc2nc(SCc3ccc(F)cc3)[nH]c21. The van der Waals surface area contributed by atoms with E-state index in [4.69, 9.17) is 0 Å². The second-order valence-corrected chi connectivity index (χ2v) is 5.68. The summed E-state index contributed by atoms with van der Waals surface area (Å²) in [5.41, 5.74) is 0.945. The average Bonchev–Trinajstić information content (AvgIpc) is 2.81. The van der Waals surface area contributed by atoms with Crippen molar-refractivity contribution >= 4 is 36.1 Å². The smallest absolute Gasteiger partial charge is 0.273 e. The summed E-state index contributed by atoms with van der Waals surface area (Å²) < 4.78 is 12.8. The third-order valence-electron chi connectivity index (χ3n) is 2.74. The number of hydrogen-bond donors (Lipinski definition) is 4. The number of carbonyl (C=O) groups is 1. The number of fused-ring (bicyclic) bond motifs is 1. The van der Waals surface area contributed by atoms with Crippen LogP contribution in [0.4, 0.5) is 10.2 Å². The number of carbonyl (C=O) groups excluding carboxylic acids is 1. The van der Waals surface area contributed by atoms with Gasteiger partial charge in [-0.3, -0.25) is 4.79 Å². The molecule has 8 heteroatoms. The van der Waals surface area contributed by atoms with E-state index in [1.807, 2.05) is 0 Å². The molecule has 1 aliphatic rings. The van der Waals surface area contributed by atoms with Gasteiger partial charge in [-0.1, -0.05) is 23.9 Å². The number of aromatic nitrogens is 2. The molecule has 0 saturated heterocycles. The summed E-state index contributed by atoms with van der Waals surface area (Å²) in [6.07, 6.45) is 0. The van der Waals surface area contributed by atoms with Crippen LogP contribution in [-0.2, 0) is 5.75 Å². The maximum atomic E-state index is 12.8. The van der Waals surface area contributed by atoms with E-state index in [0.29, 0.717) is 22.4 Å². The summed E-state index contributed by atoms with van der Waals surface area (Å²) in [6.45, 7) is 0. The van der Waals surface area contributed by atoms with E-state index >= 15 is 0 Å². The summed E-state index contributed by atoms with van der Waals surface area (Å²) in [4.78, 5) is 19.0. The second kappa shape index (κ2) is 5.37. The van der Waals surface area contributed by atoms with Gasteiger partial charge in [0.2, 0.25) is 0 Å². The van der Waals surface area contributed by atoms with Crippen LogP contribution in [0.1, 0.15) is 16.1 Å². The van der Waals surface area contributed by atoms with Crippen LogP contribution in [0.15, 0.2) is 29.4 Å². The average molecular weight is 310 g/mol. The molecule has 0 radical (unpaired) electrons. The van der Waals surface area contributed by atoms with Gasteiger partial charge in [-0.15, -0.1) is 12.6 Å². The van der Waals surface area contributed by atoms with E-state index in [-0.39, 0.29) is 11.7 Å². The summed E-state index contributed by atoms with van der Waals surface area (Å²) >= 11 is 5.58. The molecule has 0 aliphatic carbocycles. The van der Waals surface area contributed by atoms with E-state index in [2.05, 4.69) is 33.2 Å². The fourth-order valence-electron chi connectivity index (χ4n) is 1.78.